The summed E-state index contributed by atoms with van der Waals surface area (Å²) in [6.07, 6.45) is 1.79. The van der Waals surface area contributed by atoms with Gasteiger partial charge in [-0.3, -0.25) is 0 Å². The van der Waals surface area contributed by atoms with E-state index < -0.39 is 0 Å². The lowest BCUT2D eigenvalue weighted by molar-refractivity contribution is 0.290. The second-order valence-corrected chi connectivity index (χ2v) is 2.18. The smallest absolute Gasteiger partial charge is 0.0964 e. The van der Waals surface area contributed by atoms with E-state index in [0.29, 0.717) is 0 Å². The lowest BCUT2D eigenvalue weighted by Gasteiger charge is -2.01. The van der Waals surface area contributed by atoms with E-state index in [0.717, 1.165) is 16.7 Å². The van der Waals surface area contributed by atoms with Crippen LogP contribution >= 0.6 is 15.9 Å². The summed E-state index contributed by atoms with van der Waals surface area (Å²) in [7, 11) is 1.65. The van der Waals surface area contributed by atoms with Gasteiger partial charge in [-0.05, 0) is 12.5 Å². The largest absolute Gasteiger partial charge is 0.501 e. The zero-order valence-corrected chi connectivity index (χ0v) is 7.36. The molecule has 2 heteroatoms. The first-order valence-corrected chi connectivity index (χ1v) is 3.80. The van der Waals surface area contributed by atoms with Crippen LogP contribution in [0.25, 0.3) is 0 Å². The molecule has 0 spiro atoms. The van der Waals surface area contributed by atoms with Crippen molar-refractivity contribution in [1.82, 2.24) is 0 Å². The quantitative estimate of drug-likeness (QED) is 0.378. The van der Waals surface area contributed by atoms with Crippen LogP contribution in [0.2, 0.25) is 0 Å². The minimum atomic E-state index is 0.802. The standard InChI is InChI=1S/C7H11BrO/c1-4-7(5-8)6(2)9-3/h4H,1,5H2,2-3H3. The summed E-state index contributed by atoms with van der Waals surface area (Å²) in [6.45, 7) is 5.55. The van der Waals surface area contributed by atoms with E-state index in [4.69, 9.17) is 4.74 Å². The Kier molecular flexibility index (Phi) is 4.50. The van der Waals surface area contributed by atoms with E-state index in [1.807, 2.05) is 6.92 Å². The molecule has 0 radical (unpaired) electrons. The third-order valence-electron chi connectivity index (χ3n) is 1.15. The van der Waals surface area contributed by atoms with Crippen molar-refractivity contribution in [3.63, 3.8) is 0 Å². The lowest BCUT2D eigenvalue weighted by Crippen LogP contribution is -1.87. The molecule has 0 unspecified atom stereocenters. The highest BCUT2D eigenvalue weighted by atomic mass is 79.9. The Labute approximate surface area is 64.5 Å². The molecule has 0 saturated heterocycles. The van der Waals surface area contributed by atoms with Crippen LogP contribution in [-0.4, -0.2) is 12.4 Å². The average molecular weight is 191 g/mol. The fraction of sp³-hybridized carbons (Fsp3) is 0.429. The molecule has 0 heterocycles. The molecular formula is C7H11BrO. The van der Waals surface area contributed by atoms with Crippen LogP contribution in [-0.2, 0) is 4.74 Å². The van der Waals surface area contributed by atoms with Crippen molar-refractivity contribution in [3.05, 3.63) is 24.0 Å². The minimum Gasteiger partial charge on any atom is -0.501 e. The fourth-order valence-electron chi connectivity index (χ4n) is 0.423. The van der Waals surface area contributed by atoms with Crippen LogP contribution in [0, 0.1) is 0 Å². The van der Waals surface area contributed by atoms with Gasteiger partial charge in [0.05, 0.1) is 12.9 Å². The first-order valence-electron chi connectivity index (χ1n) is 2.68. The maximum Gasteiger partial charge on any atom is 0.0964 e. The first kappa shape index (κ1) is 8.76. The Morgan fingerprint density at radius 3 is 2.44 bits per heavy atom. The van der Waals surface area contributed by atoms with E-state index in [1.165, 1.54) is 0 Å². The molecular weight excluding hydrogens is 180 g/mol. The second-order valence-electron chi connectivity index (χ2n) is 1.62. The maximum atomic E-state index is 4.97. The van der Waals surface area contributed by atoms with Gasteiger partial charge < -0.3 is 4.74 Å². The Morgan fingerprint density at radius 1 is 1.78 bits per heavy atom. The molecule has 0 atom stereocenters. The molecule has 0 aliphatic carbocycles. The summed E-state index contributed by atoms with van der Waals surface area (Å²) in [6, 6.07) is 0. The van der Waals surface area contributed by atoms with Gasteiger partial charge in [-0.15, -0.1) is 0 Å². The molecule has 0 aromatic rings. The van der Waals surface area contributed by atoms with Crippen LogP contribution in [0.5, 0.6) is 0 Å². The van der Waals surface area contributed by atoms with Crippen molar-refractivity contribution in [2.45, 2.75) is 6.92 Å². The van der Waals surface area contributed by atoms with Crippen molar-refractivity contribution in [3.8, 4) is 0 Å². The van der Waals surface area contributed by atoms with Crippen molar-refractivity contribution in [2.24, 2.45) is 0 Å². The molecule has 9 heavy (non-hydrogen) atoms. The zero-order valence-electron chi connectivity index (χ0n) is 5.78. The topological polar surface area (TPSA) is 9.23 Å². The normalized spacial score (nSPS) is 12.3. The van der Waals surface area contributed by atoms with Gasteiger partial charge in [0.15, 0.2) is 0 Å². The van der Waals surface area contributed by atoms with Gasteiger partial charge in [0.1, 0.15) is 0 Å². The molecule has 0 N–H and O–H groups in total. The highest BCUT2D eigenvalue weighted by molar-refractivity contribution is 9.09. The van der Waals surface area contributed by atoms with Crippen molar-refractivity contribution >= 4 is 15.9 Å². The monoisotopic (exact) mass is 190 g/mol. The zero-order chi connectivity index (χ0) is 7.28. The Balaban J connectivity index is 4.18. The highest BCUT2D eigenvalue weighted by Crippen LogP contribution is 2.07. The minimum absolute atomic E-state index is 0.802. The molecule has 0 aromatic carbocycles. The molecule has 0 aliphatic rings. The molecule has 52 valence electrons. The number of hydrogen-bond donors (Lipinski definition) is 0. The highest BCUT2D eigenvalue weighted by Gasteiger charge is 1.93. The fourth-order valence-corrected chi connectivity index (χ4v) is 1.05. The molecule has 0 aromatic heterocycles. The summed E-state index contributed by atoms with van der Waals surface area (Å²) in [5.41, 5.74) is 1.09. The van der Waals surface area contributed by atoms with Gasteiger partial charge in [0.2, 0.25) is 0 Å². The molecule has 0 saturated carbocycles. The number of hydrogen-bond acceptors (Lipinski definition) is 1. The van der Waals surface area contributed by atoms with Crippen LogP contribution in [0.3, 0.4) is 0 Å². The summed E-state index contributed by atoms with van der Waals surface area (Å²) in [5.74, 6) is 0.918. The summed E-state index contributed by atoms with van der Waals surface area (Å²) < 4.78 is 4.97. The summed E-state index contributed by atoms with van der Waals surface area (Å²) in [4.78, 5) is 0. The van der Waals surface area contributed by atoms with E-state index in [9.17, 15) is 0 Å². The van der Waals surface area contributed by atoms with Crippen LogP contribution in [0.15, 0.2) is 24.0 Å². The van der Waals surface area contributed by atoms with E-state index in [-0.39, 0.29) is 0 Å². The number of alkyl halides is 1. The van der Waals surface area contributed by atoms with Crippen LogP contribution < -0.4 is 0 Å². The van der Waals surface area contributed by atoms with Crippen molar-refractivity contribution < 1.29 is 4.74 Å². The maximum absolute atomic E-state index is 4.97. The molecule has 1 nitrogen and oxygen atoms in total. The predicted molar refractivity (Wildman–Crippen MR) is 43.7 cm³/mol. The number of allylic oxidation sites excluding steroid dienone is 3. The number of halogens is 1. The third kappa shape index (κ3) is 2.70. The van der Waals surface area contributed by atoms with E-state index in [1.54, 1.807) is 13.2 Å². The first-order chi connectivity index (χ1) is 4.26. The molecule has 0 fully saturated rings. The molecule has 0 rings (SSSR count). The third-order valence-corrected chi connectivity index (χ3v) is 1.75. The lowest BCUT2D eigenvalue weighted by atomic mass is 10.3. The van der Waals surface area contributed by atoms with Gasteiger partial charge in [-0.2, -0.15) is 0 Å². The van der Waals surface area contributed by atoms with Gasteiger partial charge in [0, 0.05) is 5.33 Å². The summed E-state index contributed by atoms with van der Waals surface area (Å²) in [5, 5.41) is 0.802. The Hall–Kier alpha value is -0.240. The summed E-state index contributed by atoms with van der Waals surface area (Å²) >= 11 is 3.31. The van der Waals surface area contributed by atoms with Gasteiger partial charge >= 0.3 is 0 Å². The van der Waals surface area contributed by atoms with E-state index >= 15 is 0 Å². The van der Waals surface area contributed by atoms with Crippen LogP contribution in [0.4, 0.5) is 0 Å². The Morgan fingerprint density at radius 2 is 2.33 bits per heavy atom. The number of methoxy groups -OCH3 is 1. The average Bonchev–Trinajstić information content (AvgIpc) is 1.90. The number of rotatable bonds is 3. The predicted octanol–water partition coefficient (Wildman–Crippen LogP) is 2.49. The van der Waals surface area contributed by atoms with Crippen molar-refractivity contribution in [1.29, 1.82) is 0 Å². The SMILES string of the molecule is C=CC(CBr)=C(C)OC. The van der Waals surface area contributed by atoms with E-state index in [2.05, 4.69) is 22.5 Å². The van der Waals surface area contributed by atoms with Crippen molar-refractivity contribution in [2.75, 3.05) is 12.4 Å². The van der Waals surface area contributed by atoms with Gasteiger partial charge in [0.25, 0.3) is 0 Å². The second kappa shape index (κ2) is 4.62. The Bertz CT molecular complexity index is 127. The molecule has 0 bridgehead atoms. The van der Waals surface area contributed by atoms with Crippen LogP contribution in [0.1, 0.15) is 6.92 Å². The molecule has 0 aliphatic heterocycles. The van der Waals surface area contributed by atoms with Gasteiger partial charge in [-0.25, -0.2) is 0 Å². The molecule has 0 amide bonds. The number of ether oxygens (including phenoxy) is 1. The van der Waals surface area contributed by atoms with Gasteiger partial charge in [-0.1, -0.05) is 28.6 Å².